The number of hydrogen-bond acceptors (Lipinski definition) is 5. The maximum Gasteiger partial charge on any atom is 0.345 e. The average Bonchev–Trinajstić information content (AvgIpc) is 2.80. The number of benzene rings is 4. The van der Waals surface area contributed by atoms with Gasteiger partial charge < -0.3 is 9.84 Å². The molecule has 0 fully saturated rings. The molecule has 0 aromatic heterocycles. The minimum absolute atomic E-state index is 0.0538. The normalized spacial score (nSPS) is 11.0. The Morgan fingerprint density at radius 3 is 2.45 bits per heavy atom. The van der Waals surface area contributed by atoms with Crippen molar-refractivity contribution in [3.8, 4) is 11.5 Å². The summed E-state index contributed by atoms with van der Waals surface area (Å²) < 4.78 is 5.62. The Labute approximate surface area is 199 Å². The molecule has 0 radical (unpaired) electrons. The molecule has 0 saturated heterocycles. The van der Waals surface area contributed by atoms with Crippen LogP contribution in [0.2, 0.25) is 10.0 Å². The maximum absolute atomic E-state index is 12.7. The summed E-state index contributed by atoms with van der Waals surface area (Å²) >= 11 is 12.0. The lowest BCUT2D eigenvalue weighted by atomic mass is 10.0. The molecule has 0 saturated carbocycles. The second-order valence-corrected chi connectivity index (χ2v) is 7.80. The van der Waals surface area contributed by atoms with Crippen LogP contribution < -0.4 is 10.2 Å². The van der Waals surface area contributed by atoms with Crippen molar-refractivity contribution in [1.29, 1.82) is 0 Å². The predicted molar refractivity (Wildman–Crippen MR) is 129 cm³/mol. The fraction of sp³-hybridized carbons (Fsp3) is 0. The Morgan fingerprint density at radius 1 is 0.939 bits per heavy atom. The van der Waals surface area contributed by atoms with E-state index in [9.17, 15) is 14.7 Å². The summed E-state index contributed by atoms with van der Waals surface area (Å²) in [4.78, 5) is 25.0. The SMILES string of the molecule is O=C(NN=Cc1c(OC(=O)c2ccc(Cl)cc2Cl)ccc2ccccc12)c1ccc(O)cc1. The van der Waals surface area contributed by atoms with E-state index < -0.39 is 11.9 Å². The van der Waals surface area contributed by atoms with Gasteiger partial charge in [0.1, 0.15) is 11.5 Å². The van der Waals surface area contributed by atoms with Crippen LogP contribution in [0.1, 0.15) is 26.3 Å². The molecular weight excluding hydrogens is 463 g/mol. The van der Waals surface area contributed by atoms with Gasteiger partial charge in [0.15, 0.2) is 0 Å². The van der Waals surface area contributed by atoms with Gasteiger partial charge in [0.2, 0.25) is 0 Å². The number of phenols is 1. The van der Waals surface area contributed by atoms with Gasteiger partial charge in [-0.05, 0) is 59.3 Å². The Hall–Kier alpha value is -3.87. The van der Waals surface area contributed by atoms with E-state index in [2.05, 4.69) is 10.5 Å². The monoisotopic (exact) mass is 478 g/mol. The Bertz CT molecular complexity index is 1390. The second-order valence-electron chi connectivity index (χ2n) is 6.96. The summed E-state index contributed by atoms with van der Waals surface area (Å²) in [5, 5.41) is 15.6. The molecule has 0 aliphatic heterocycles. The third kappa shape index (κ3) is 5.14. The smallest absolute Gasteiger partial charge is 0.345 e. The Morgan fingerprint density at radius 2 is 1.70 bits per heavy atom. The summed E-state index contributed by atoms with van der Waals surface area (Å²) in [5.41, 5.74) is 3.42. The highest BCUT2D eigenvalue weighted by Crippen LogP contribution is 2.29. The first kappa shape index (κ1) is 22.3. The summed E-state index contributed by atoms with van der Waals surface area (Å²) in [6, 6.07) is 21.2. The standard InChI is InChI=1S/C25H16Cl2N2O4/c26-17-8-11-20(22(27)13-17)25(32)33-23-12-7-15-3-1-2-4-19(15)21(23)14-28-29-24(31)16-5-9-18(30)10-6-16/h1-14,30H,(H,29,31). The first-order valence-electron chi connectivity index (χ1n) is 9.74. The summed E-state index contributed by atoms with van der Waals surface area (Å²) in [6.07, 6.45) is 1.41. The molecular formula is C25H16Cl2N2O4. The van der Waals surface area contributed by atoms with Crippen LogP contribution in [0.5, 0.6) is 11.5 Å². The third-order valence-corrected chi connectivity index (χ3v) is 5.32. The maximum atomic E-state index is 12.7. The molecule has 2 N–H and O–H groups in total. The number of amides is 1. The molecule has 1 amide bonds. The number of nitrogens with zero attached hydrogens (tertiary/aromatic N) is 1. The van der Waals surface area contributed by atoms with Gasteiger partial charge in [-0.2, -0.15) is 5.10 Å². The van der Waals surface area contributed by atoms with Gasteiger partial charge in [-0.1, -0.05) is 53.5 Å². The van der Waals surface area contributed by atoms with Gasteiger partial charge in [0.05, 0.1) is 16.8 Å². The number of phenolic OH excluding ortho intramolecular Hbond substituents is 1. The number of esters is 1. The van der Waals surface area contributed by atoms with Crippen molar-refractivity contribution in [3.05, 3.63) is 106 Å². The number of carbonyl (C=O) groups is 2. The zero-order chi connectivity index (χ0) is 23.4. The van der Waals surface area contributed by atoms with E-state index in [-0.39, 0.29) is 22.1 Å². The number of ether oxygens (including phenoxy) is 1. The summed E-state index contributed by atoms with van der Waals surface area (Å²) in [5.74, 6) is -0.821. The van der Waals surface area contributed by atoms with Crippen LogP contribution in [-0.2, 0) is 0 Å². The molecule has 33 heavy (non-hydrogen) atoms. The van der Waals surface area contributed by atoms with E-state index >= 15 is 0 Å². The van der Waals surface area contributed by atoms with Crippen molar-refractivity contribution in [2.45, 2.75) is 0 Å². The first-order chi connectivity index (χ1) is 15.9. The summed E-state index contributed by atoms with van der Waals surface area (Å²) in [6.45, 7) is 0. The minimum atomic E-state index is -0.658. The number of rotatable bonds is 5. The van der Waals surface area contributed by atoms with Gasteiger partial charge in [-0.3, -0.25) is 4.79 Å². The zero-order valence-electron chi connectivity index (χ0n) is 17.0. The number of carbonyl (C=O) groups excluding carboxylic acids is 2. The van der Waals surface area contributed by atoms with Crippen molar-refractivity contribution >= 4 is 52.1 Å². The van der Waals surface area contributed by atoms with Crippen LogP contribution >= 0.6 is 23.2 Å². The van der Waals surface area contributed by atoms with E-state index in [1.165, 1.54) is 42.6 Å². The van der Waals surface area contributed by atoms with Crippen molar-refractivity contribution in [3.63, 3.8) is 0 Å². The average molecular weight is 479 g/mol. The Balaban J connectivity index is 1.63. The lowest BCUT2D eigenvalue weighted by Crippen LogP contribution is -2.17. The number of aromatic hydroxyl groups is 1. The molecule has 0 unspecified atom stereocenters. The number of nitrogens with one attached hydrogen (secondary N) is 1. The number of hydrazone groups is 1. The Kier molecular flexibility index (Phi) is 6.58. The van der Waals surface area contributed by atoms with Crippen LogP contribution in [-0.4, -0.2) is 23.2 Å². The fourth-order valence-electron chi connectivity index (χ4n) is 3.14. The second kappa shape index (κ2) is 9.73. The quantitative estimate of drug-likeness (QED) is 0.163. The van der Waals surface area contributed by atoms with Crippen LogP contribution in [0.15, 0.2) is 84.0 Å². The van der Waals surface area contributed by atoms with Gasteiger partial charge in [0, 0.05) is 16.1 Å². The molecule has 4 rings (SSSR count). The topological polar surface area (TPSA) is 88.0 Å². The highest BCUT2D eigenvalue weighted by atomic mass is 35.5. The molecule has 0 aliphatic carbocycles. The van der Waals surface area contributed by atoms with Crippen molar-refractivity contribution in [2.75, 3.05) is 0 Å². The molecule has 164 valence electrons. The van der Waals surface area contributed by atoms with Gasteiger partial charge >= 0.3 is 5.97 Å². The minimum Gasteiger partial charge on any atom is -0.508 e. The van der Waals surface area contributed by atoms with E-state index in [1.54, 1.807) is 12.1 Å². The number of fused-ring (bicyclic) bond motifs is 1. The molecule has 0 spiro atoms. The number of hydrogen-bond donors (Lipinski definition) is 2. The van der Waals surface area contributed by atoms with E-state index in [4.69, 9.17) is 27.9 Å². The molecule has 0 aliphatic rings. The fourth-order valence-corrected chi connectivity index (χ4v) is 3.63. The highest BCUT2D eigenvalue weighted by molar-refractivity contribution is 6.36. The molecule has 0 heterocycles. The van der Waals surface area contributed by atoms with Gasteiger partial charge in [-0.15, -0.1) is 0 Å². The van der Waals surface area contributed by atoms with E-state index in [0.29, 0.717) is 16.1 Å². The summed E-state index contributed by atoms with van der Waals surface area (Å²) in [7, 11) is 0. The molecule has 6 nitrogen and oxygen atoms in total. The van der Waals surface area contributed by atoms with Gasteiger partial charge in [0.25, 0.3) is 5.91 Å². The lowest BCUT2D eigenvalue weighted by Gasteiger charge is -2.11. The van der Waals surface area contributed by atoms with Crippen molar-refractivity contribution in [2.24, 2.45) is 5.10 Å². The predicted octanol–water partition coefficient (Wildman–Crippen LogP) is 5.84. The van der Waals surface area contributed by atoms with Gasteiger partial charge in [-0.25, -0.2) is 10.2 Å². The molecule has 8 heteroatoms. The molecule has 0 bridgehead atoms. The third-order valence-electron chi connectivity index (χ3n) is 4.77. The van der Waals surface area contributed by atoms with E-state index in [1.807, 2.05) is 30.3 Å². The molecule has 0 atom stereocenters. The first-order valence-corrected chi connectivity index (χ1v) is 10.5. The van der Waals surface area contributed by atoms with Crippen LogP contribution in [0, 0.1) is 0 Å². The van der Waals surface area contributed by atoms with Crippen LogP contribution in [0.3, 0.4) is 0 Å². The van der Waals surface area contributed by atoms with Crippen molar-refractivity contribution < 1.29 is 19.4 Å². The van der Waals surface area contributed by atoms with Crippen LogP contribution in [0.25, 0.3) is 10.8 Å². The van der Waals surface area contributed by atoms with Crippen molar-refractivity contribution in [1.82, 2.24) is 5.43 Å². The zero-order valence-corrected chi connectivity index (χ0v) is 18.5. The molecule has 4 aromatic rings. The number of halogens is 2. The van der Waals surface area contributed by atoms with E-state index in [0.717, 1.165) is 10.8 Å². The van der Waals surface area contributed by atoms with Crippen LogP contribution in [0.4, 0.5) is 0 Å². The largest absolute Gasteiger partial charge is 0.508 e. The molecule has 4 aromatic carbocycles. The lowest BCUT2D eigenvalue weighted by molar-refractivity contribution is 0.0734. The highest BCUT2D eigenvalue weighted by Gasteiger charge is 2.16.